The van der Waals surface area contributed by atoms with Crippen LogP contribution in [0, 0.1) is 0 Å². The van der Waals surface area contributed by atoms with Gasteiger partial charge in [0.05, 0.1) is 20.8 Å². The van der Waals surface area contributed by atoms with Crippen LogP contribution in [0.1, 0.15) is 51.2 Å². The van der Waals surface area contributed by atoms with Gasteiger partial charge in [-0.2, -0.15) is 0 Å². The second kappa shape index (κ2) is 13.3. The molecule has 1 amide bonds. The van der Waals surface area contributed by atoms with E-state index in [4.69, 9.17) is 33.8 Å². The van der Waals surface area contributed by atoms with E-state index in [0.717, 1.165) is 5.56 Å². The molecule has 0 unspecified atom stereocenters. The van der Waals surface area contributed by atoms with Crippen molar-refractivity contribution in [2.24, 2.45) is 4.99 Å². The number of carbonyl (C=O) groups excluding carboxylic acids is 2. The van der Waals surface area contributed by atoms with E-state index in [1.54, 1.807) is 71.4 Å². The molecular formula is C29H38N2O8. The number of ether oxygens (including phenoxy) is 5. The minimum absolute atomic E-state index is 0.00563. The Balaban J connectivity index is 1.80. The summed E-state index contributed by atoms with van der Waals surface area (Å²) in [5.41, 5.74) is -0.525. The van der Waals surface area contributed by atoms with Crippen molar-refractivity contribution in [2.45, 2.75) is 57.7 Å². The number of nitrogens with zero attached hydrogens (tertiary/aromatic N) is 1. The number of nitrogens with one attached hydrogen (secondary N) is 1. The Kier molecular flexibility index (Phi) is 10.2. The summed E-state index contributed by atoms with van der Waals surface area (Å²) in [6.07, 6.45) is 0.642. The van der Waals surface area contributed by atoms with Crippen LogP contribution in [-0.2, 0) is 25.6 Å². The number of methoxy groups -OCH3 is 2. The predicted molar refractivity (Wildman–Crippen MR) is 145 cm³/mol. The van der Waals surface area contributed by atoms with Gasteiger partial charge in [0.25, 0.3) is 5.91 Å². The van der Waals surface area contributed by atoms with Crippen molar-refractivity contribution >= 4 is 17.8 Å². The highest BCUT2D eigenvalue weighted by Crippen LogP contribution is 2.30. The van der Waals surface area contributed by atoms with Crippen molar-refractivity contribution in [3.63, 3.8) is 0 Å². The Morgan fingerprint density at radius 3 is 2.44 bits per heavy atom. The number of benzene rings is 2. The summed E-state index contributed by atoms with van der Waals surface area (Å²) in [6, 6.07) is 12.5. The van der Waals surface area contributed by atoms with Crippen molar-refractivity contribution in [2.75, 3.05) is 34.0 Å². The van der Waals surface area contributed by atoms with Gasteiger partial charge in [0.1, 0.15) is 29.5 Å². The number of rotatable bonds is 13. The molecule has 39 heavy (non-hydrogen) atoms. The molecule has 1 aliphatic rings. The van der Waals surface area contributed by atoms with E-state index in [1.807, 2.05) is 6.07 Å². The number of hydrogen-bond acceptors (Lipinski definition) is 9. The Morgan fingerprint density at radius 2 is 1.79 bits per heavy atom. The molecule has 10 nitrogen and oxygen atoms in total. The van der Waals surface area contributed by atoms with Crippen molar-refractivity contribution in [3.05, 3.63) is 53.6 Å². The number of amides is 1. The lowest BCUT2D eigenvalue weighted by Gasteiger charge is -2.24. The van der Waals surface area contributed by atoms with Crippen LogP contribution in [0.15, 0.2) is 47.5 Å². The van der Waals surface area contributed by atoms with E-state index in [1.165, 1.54) is 0 Å². The molecule has 0 saturated carbocycles. The molecule has 0 aliphatic carbocycles. The molecule has 212 valence electrons. The zero-order chi connectivity index (χ0) is 28.5. The fourth-order valence-corrected chi connectivity index (χ4v) is 3.94. The molecule has 0 saturated heterocycles. The van der Waals surface area contributed by atoms with Gasteiger partial charge in [-0.3, -0.25) is 9.59 Å². The first-order chi connectivity index (χ1) is 18.6. The van der Waals surface area contributed by atoms with Gasteiger partial charge in [-0.05, 0) is 63.6 Å². The van der Waals surface area contributed by atoms with Gasteiger partial charge >= 0.3 is 5.97 Å². The number of esters is 1. The van der Waals surface area contributed by atoms with Gasteiger partial charge in [0.15, 0.2) is 5.54 Å². The summed E-state index contributed by atoms with van der Waals surface area (Å²) in [4.78, 5) is 30.8. The average molecular weight is 543 g/mol. The normalized spacial score (nSPS) is 16.6. The predicted octanol–water partition coefficient (Wildman–Crippen LogP) is 3.42. The number of aliphatic hydroxyl groups is 1. The largest absolute Gasteiger partial charge is 0.497 e. The Bertz CT molecular complexity index is 1160. The maximum Gasteiger partial charge on any atom is 0.306 e. The highest BCUT2D eigenvalue weighted by Gasteiger charge is 2.44. The molecule has 1 aliphatic heterocycles. The first-order valence-corrected chi connectivity index (χ1v) is 12.9. The molecule has 0 spiro atoms. The highest BCUT2D eigenvalue weighted by molar-refractivity contribution is 6.00. The third-order valence-corrected chi connectivity index (χ3v) is 5.95. The van der Waals surface area contributed by atoms with Crippen LogP contribution < -0.4 is 19.5 Å². The van der Waals surface area contributed by atoms with Gasteiger partial charge in [-0.1, -0.05) is 0 Å². The summed E-state index contributed by atoms with van der Waals surface area (Å²) in [7, 11) is 3.12. The lowest BCUT2D eigenvalue weighted by Crippen LogP contribution is -2.47. The van der Waals surface area contributed by atoms with E-state index in [-0.39, 0.29) is 38.5 Å². The summed E-state index contributed by atoms with van der Waals surface area (Å²) >= 11 is 0. The SMILES string of the molecule is COc1ccc(CNC(=O)[C@@]2(CCC(=O)OC(C)(C)C)COC(c3ccc(OCCCO)cc3)=N2)c(OC)c1. The monoisotopic (exact) mass is 542 g/mol. The Labute approximate surface area is 229 Å². The van der Waals surface area contributed by atoms with Crippen LogP contribution >= 0.6 is 0 Å². The fraction of sp³-hybridized carbons (Fsp3) is 0.483. The van der Waals surface area contributed by atoms with Crippen LogP contribution in [0.3, 0.4) is 0 Å². The van der Waals surface area contributed by atoms with E-state index < -0.39 is 17.1 Å². The van der Waals surface area contributed by atoms with Crippen molar-refractivity contribution in [1.82, 2.24) is 5.32 Å². The number of carbonyl (C=O) groups is 2. The first-order valence-electron chi connectivity index (χ1n) is 12.9. The van der Waals surface area contributed by atoms with Crippen LogP contribution in [0.5, 0.6) is 17.2 Å². The summed E-state index contributed by atoms with van der Waals surface area (Å²) in [5, 5.41) is 11.9. The third kappa shape index (κ3) is 8.35. The van der Waals surface area contributed by atoms with Gasteiger partial charge in [0, 0.05) is 43.2 Å². The molecule has 1 heterocycles. The summed E-state index contributed by atoms with van der Waals surface area (Å²) < 4.78 is 27.6. The van der Waals surface area contributed by atoms with Crippen LogP contribution in [-0.4, -0.2) is 68.1 Å². The molecule has 2 N–H and O–H groups in total. The first kappa shape index (κ1) is 29.8. The minimum Gasteiger partial charge on any atom is -0.497 e. The summed E-state index contributed by atoms with van der Waals surface area (Å²) in [5.74, 6) is 1.37. The molecule has 10 heteroatoms. The maximum atomic E-state index is 13.6. The standard InChI is InChI=1S/C29H38N2O8/c1-28(2,3)39-25(33)13-14-29(27(34)30-18-21-9-12-23(35-4)17-24(21)36-5)19-38-26(31-29)20-7-10-22(11-8-20)37-16-6-15-32/h7-12,17,32H,6,13-16,18-19H2,1-5H3,(H,30,34)/t29-/m1/s1. The third-order valence-electron chi connectivity index (χ3n) is 5.95. The Morgan fingerprint density at radius 1 is 1.08 bits per heavy atom. The number of aliphatic hydroxyl groups excluding tert-OH is 1. The molecule has 2 aromatic carbocycles. The second-order valence-electron chi connectivity index (χ2n) is 10.1. The van der Waals surface area contributed by atoms with E-state index in [0.29, 0.717) is 41.7 Å². The van der Waals surface area contributed by atoms with Crippen LogP contribution in [0.4, 0.5) is 0 Å². The second-order valence-corrected chi connectivity index (χ2v) is 10.1. The lowest BCUT2D eigenvalue weighted by molar-refractivity contribution is -0.155. The van der Waals surface area contributed by atoms with Gasteiger partial charge in [-0.15, -0.1) is 0 Å². The molecule has 0 aromatic heterocycles. The maximum absolute atomic E-state index is 13.6. The Hall–Kier alpha value is -3.79. The van der Waals surface area contributed by atoms with Crippen molar-refractivity contribution in [1.29, 1.82) is 0 Å². The minimum atomic E-state index is -1.32. The molecular weight excluding hydrogens is 504 g/mol. The molecule has 3 rings (SSSR count). The van der Waals surface area contributed by atoms with Crippen LogP contribution in [0.25, 0.3) is 0 Å². The zero-order valence-corrected chi connectivity index (χ0v) is 23.2. The molecule has 0 radical (unpaired) electrons. The molecule has 2 aromatic rings. The quantitative estimate of drug-likeness (QED) is 0.291. The van der Waals surface area contributed by atoms with Gasteiger partial charge in [-0.25, -0.2) is 4.99 Å². The van der Waals surface area contributed by atoms with Crippen molar-refractivity contribution < 1.29 is 38.4 Å². The lowest BCUT2D eigenvalue weighted by atomic mass is 9.94. The topological polar surface area (TPSA) is 125 Å². The van der Waals surface area contributed by atoms with E-state index in [9.17, 15) is 9.59 Å². The zero-order valence-electron chi connectivity index (χ0n) is 23.2. The van der Waals surface area contributed by atoms with Gasteiger partial charge in [0.2, 0.25) is 5.90 Å². The summed E-state index contributed by atoms with van der Waals surface area (Å²) in [6.45, 7) is 6.00. The van der Waals surface area contributed by atoms with E-state index >= 15 is 0 Å². The number of hydrogen-bond donors (Lipinski definition) is 2. The fourth-order valence-electron chi connectivity index (χ4n) is 3.94. The van der Waals surface area contributed by atoms with Crippen LogP contribution in [0.2, 0.25) is 0 Å². The molecule has 0 fully saturated rings. The van der Waals surface area contributed by atoms with E-state index in [2.05, 4.69) is 5.32 Å². The van der Waals surface area contributed by atoms with Gasteiger partial charge < -0.3 is 34.1 Å². The molecule has 0 bridgehead atoms. The highest BCUT2D eigenvalue weighted by atomic mass is 16.6. The smallest absolute Gasteiger partial charge is 0.306 e. The number of aliphatic imine (C=N–C) groups is 1. The average Bonchev–Trinajstić information content (AvgIpc) is 3.36. The van der Waals surface area contributed by atoms with Crippen molar-refractivity contribution in [3.8, 4) is 17.2 Å². The molecule has 1 atom stereocenters.